The maximum Gasteiger partial charge on any atom is 0.0771 e. The number of unbranched alkanes of at least 4 members (excludes halogenated alkanes) is 3. The Morgan fingerprint density at radius 3 is 2.71 bits per heavy atom. The van der Waals surface area contributed by atoms with E-state index in [0.29, 0.717) is 6.61 Å². The van der Waals surface area contributed by atoms with Crippen LogP contribution in [0.1, 0.15) is 62.6 Å². The van der Waals surface area contributed by atoms with Crippen LogP contribution in [-0.2, 0) is 17.8 Å². The summed E-state index contributed by atoms with van der Waals surface area (Å²) < 4.78 is 6.16. The van der Waals surface area contributed by atoms with Gasteiger partial charge in [-0.2, -0.15) is 0 Å². The summed E-state index contributed by atoms with van der Waals surface area (Å²) in [4.78, 5) is 6.76. The van der Waals surface area contributed by atoms with Crippen LogP contribution in [0.5, 0.6) is 0 Å². The Hall–Kier alpha value is -2.31. The lowest BCUT2D eigenvalue weighted by atomic mass is 10.1. The summed E-state index contributed by atoms with van der Waals surface area (Å²) in [6, 6.07) is 10.9. The van der Waals surface area contributed by atoms with Crippen LogP contribution in [0.3, 0.4) is 0 Å². The second-order valence-electron chi connectivity index (χ2n) is 7.53. The third kappa shape index (κ3) is 6.11. The van der Waals surface area contributed by atoms with Crippen LogP contribution in [0.2, 0.25) is 0 Å². The lowest BCUT2D eigenvalue weighted by Crippen LogP contribution is -2.23. The van der Waals surface area contributed by atoms with Crippen molar-refractivity contribution in [1.82, 2.24) is 4.98 Å². The van der Waals surface area contributed by atoms with Gasteiger partial charge in [0.2, 0.25) is 0 Å². The Kier molecular flexibility index (Phi) is 7.94. The van der Waals surface area contributed by atoms with Crippen molar-refractivity contribution in [1.29, 1.82) is 0 Å². The zero-order valence-corrected chi connectivity index (χ0v) is 17.3. The van der Waals surface area contributed by atoms with Crippen molar-refractivity contribution in [2.45, 2.75) is 65.1 Å². The molecule has 1 saturated heterocycles. The van der Waals surface area contributed by atoms with Crippen LogP contribution in [0, 0.1) is 11.8 Å². The second-order valence-corrected chi connectivity index (χ2v) is 7.53. The molecule has 28 heavy (non-hydrogen) atoms. The molecule has 1 aliphatic heterocycles. The highest BCUT2D eigenvalue weighted by atomic mass is 16.5. The van der Waals surface area contributed by atoms with Crippen LogP contribution in [0.15, 0.2) is 42.7 Å². The van der Waals surface area contributed by atoms with E-state index in [1.54, 1.807) is 0 Å². The second kappa shape index (κ2) is 10.9. The summed E-state index contributed by atoms with van der Waals surface area (Å²) in [5.74, 6) is 6.54. The van der Waals surface area contributed by atoms with E-state index in [-0.39, 0.29) is 6.10 Å². The largest absolute Gasteiger partial charge is 0.372 e. The van der Waals surface area contributed by atoms with E-state index in [1.807, 2.05) is 12.4 Å². The molecule has 3 heteroatoms. The van der Waals surface area contributed by atoms with Gasteiger partial charge in [0.1, 0.15) is 0 Å². The van der Waals surface area contributed by atoms with E-state index < -0.39 is 0 Å². The van der Waals surface area contributed by atoms with Crippen molar-refractivity contribution in [3.63, 3.8) is 0 Å². The summed E-state index contributed by atoms with van der Waals surface area (Å²) in [6.45, 7) is 7.01. The molecule has 1 unspecified atom stereocenters. The highest BCUT2D eigenvalue weighted by Crippen LogP contribution is 2.22. The molecule has 1 aromatic heterocycles. The van der Waals surface area contributed by atoms with Gasteiger partial charge in [-0.05, 0) is 36.5 Å². The number of ether oxygens (including phenoxy) is 1. The van der Waals surface area contributed by atoms with Crippen molar-refractivity contribution in [3.8, 4) is 11.8 Å². The zero-order chi connectivity index (χ0) is 19.6. The fraction of sp³-hybridized carbons (Fsp3) is 0.480. The van der Waals surface area contributed by atoms with Crippen LogP contribution in [0.4, 0.5) is 5.69 Å². The maximum absolute atomic E-state index is 6.16. The molecule has 0 amide bonds. The van der Waals surface area contributed by atoms with Crippen molar-refractivity contribution < 1.29 is 4.74 Å². The van der Waals surface area contributed by atoms with Crippen molar-refractivity contribution in [2.24, 2.45) is 0 Å². The summed E-state index contributed by atoms with van der Waals surface area (Å²) in [5.41, 5.74) is 4.78. The molecule has 0 spiro atoms. The Bertz CT molecular complexity index is 788. The highest BCUT2D eigenvalue weighted by Gasteiger charge is 2.23. The smallest absolute Gasteiger partial charge is 0.0771 e. The minimum absolute atomic E-state index is 0.273. The summed E-state index contributed by atoms with van der Waals surface area (Å²) >= 11 is 0. The molecule has 1 aliphatic rings. The van der Waals surface area contributed by atoms with E-state index in [0.717, 1.165) is 43.6 Å². The first-order chi connectivity index (χ1) is 13.8. The van der Waals surface area contributed by atoms with Gasteiger partial charge in [-0.15, -0.1) is 0 Å². The lowest BCUT2D eigenvalue weighted by Gasteiger charge is -2.18. The fourth-order valence-corrected chi connectivity index (χ4v) is 3.48. The number of anilines is 1. The molecule has 1 aromatic carbocycles. The number of rotatable bonds is 8. The number of aromatic nitrogens is 1. The van der Waals surface area contributed by atoms with E-state index in [2.05, 4.69) is 65.9 Å². The number of nitrogens with zero attached hydrogens (tertiary/aromatic N) is 2. The van der Waals surface area contributed by atoms with E-state index in [9.17, 15) is 0 Å². The Balaban J connectivity index is 1.49. The van der Waals surface area contributed by atoms with Crippen molar-refractivity contribution in [3.05, 3.63) is 59.4 Å². The van der Waals surface area contributed by atoms with Crippen molar-refractivity contribution >= 4 is 5.69 Å². The number of benzene rings is 1. The first kappa shape index (κ1) is 20.4. The topological polar surface area (TPSA) is 25.4 Å². The van der Waals surface area contributed by atoms with Crippen LogP contribution in [-0.4, -0.2) is 24.2 Å². The summed E-state index contributed by atoms with van der Waals surface area (Å²) in [7, 11) is 0. The maximum atomic E-state index is 6.16. The van der Waals surface area contributed by atoms with Gasteiger partial charge in [0.25, 0.3) is 0 Å². The normalized spacial score (nSPS) is 16.1. The van der Waals surface area contributed by atoms with Gasteiger partial charge in [0.05, 0.1) is 24.6 Å². The summed E-state index contributed by atoms with van der Waals surface area (Å²) in [6.07, 6.45) is 10.9. The van der Waals surface area contributed by atoms with E-state index in [4.69, 9.17) is 4.74 Å². The van der Waals surface area contributed by atoms with Gasteiger partial charge in [-0.1, -0.05) is 62.8 Å². The third-order valence-electron chi connectivity index (χ3n) is 5.29. The van der Waals surface area contributed by atoms with Gasteiger partial charge in [-0.25, -0.2) is 0 Å². The minimum Gasteiger partial charge on any atom is -0.372 e. The van der Waals surface area contributed by atoms with Gasteiger partial charge >= 0.3 is 0 Å². The predicted octanol–water partition coefficient (Wildman–Crippen LogP) is 5.37. The van der Waals surface area contributed by atoms with Gasteiger partial charge in [0, 0.05) is 31.3 Å². The molecule has 148 valence electrons. The van der Waals surface area contributed by atoms with Crippen LogP contribution < -0.4 is 4.90 Å². The molecule has 0 radical (unpaired) electrons. The molecule has 3 nitrogen and oxygen atoms in total. The minimum atomic E-state index is 0.273. The molecule has 2 aromatic rings. The molecule has 0 aliphatic carbocycles. The molecule has 1 fully saturated rings. The number of hydrogen-bond donors (Lipinski definition) is 0. The molecule has 1 atom stereocenters. The quantitative estimate of drug-likeness (QED) is 0.457. The van der Waals surface area contributed by atoms with Gasteiger partial charge in [0.15, 0.2) is 0 Å². The van der Waals surface area contributed by atoms with Crippen molar-refractivity contribution in [2.75, 3.05) is 18.0 Å². The predicted molar refractivity (Wildman–Crippen MR) is 116 cm³/mol. The lowest BCUT2D eigenvalue weighted by molar-refractivity contribution is 0.0553. The van der Waals surface area contributed by atoms with Gasteiger partial charge < -0.3 is 9.64 Å². The Morgan fingerprint density at radius 1 is 1.11 bits per heavy atom. The molecule has 0 saturated carbocycles. The average molecular weight is 377 g/mol. The number of aryl methyl sites for hydroxylation is 1. The molecular formula is C25H32N2O. The third-order valence-corrected chi connectivity index (χ3v) is 5.29. The Morgan fingerprint density at radius 2 is 1.93 bits per heavy atom. The van der Waals surface area contributed by atoms with Crippen LogP contribution >= 0.6 is 0 Å². The molecule has 0 bridgehead atoms. The summed E-state index contributed by atoms with van der Waals surface area (Å²) in [5, 5.41) is 0. The SMILES string of the molecule is CCCCCC#Cc1cncc(N2CCC(OCc3ccc(CC)cc3)C2)c1. The standard InChI is InChI=1S/C25H32N2O/c1-3-5-6-7-8-9-23-16-24(18-26-17-23)27-15-14-25(19-27)28-20-22-12-10-21(4-2)11-13-22/h10-13,16-18,25H,3-7,14-15,19-20H2,1-2H3. The molecule has 2 heterocycles. The fourth-order valence-electron chi connectivity index (χ4n) is 3.48. The first-order valence-electron chi connectivity index (χ1n) is 10.7. The molecule has 3 rings (SSSR count). The van der Waals surface area contributed by atoms with E-state index in [1.165, 1.54) is 30.4 Å². The van der Waals surface area contributed by atoms with Gasteiger partial charge in [-0.3, -0.25) is 4.98 Å². The number of pyridine rings is 1. The monoisotopic (exact) mass is 376 g/mol. The Labute approximate surface area is 170 Å². The molecule has 0 N–H and O–H groups in total. The zero-order valence-electron chi connectivity index (χ0n) is 17.3. The average Bonchev–Trinajstić information content (AvgIpc) is 3.22. The molecular weight excluding hydrogens is 344 g/mol. The number of hydrogen-bond acceptors (Lipinski definition) is 3. The highest BCUT2D eigenvalue weighted by molar-refractivity contribution is 5.51. The van der Waals surface area contributed by atoms with E-state index >= 15 is 0 Å². The first-order valence-corrected chi connectivity index (χ1v) is 10.7. The van der Waals surface area contributed by atoms with Crippen LogP contribution in [0.25, 0.3) is 0 Å².